The number of hydrogen-bond acceptors (Lipinski definition) is 5. The highest BCUT2D eigenvalue weighted by atomic mass is 32.1. The van der Waals surface area contributed by atoms with Gasteiger partial charge in [0.15, 0.2) is 0 Å². The van der Waals surface area contributed by atoms with Crippen molar-refractivity contribution in [2.75, 3.05) is 13.2 Å². The van der Waals surface area contributed by atoms with E-state index < -0.39 is 0 Å². The van der Waals surface area contributed by atoms with Gasteiger partial charge in [-0.2, -0.15) is 0 Å². The molecule has 1 unspecified atom stereocenters. The van der Waals surface area contributed by atoms with Gasteiger partial charge in [-0.05, 0) is 54.1 Å². The second-order valence-electron chi connectivity index (χ2n) is 7.14. The van der Waals surface area contributed by atoms with Gasteiger partial charge in [-0.15, -0.1) is 11.3 Å². The van der Waals surface area contributed by atoms with E-state index in [-0.39, 0.29) is 0 Å². The van der Waals surface area contributed by atoms with E-state index in [1.165, 1.54) is 23.3 Å². The average Bonchev–Trinajstić information content (AvgIpc) is 3.43. The lowest BCUT2D eigenvalue weighted by molar-refractivity contribution is 0.0682. The van der Waals surface area contributed by atoms with Crippen molar-refractivity contribution in [3.05, 3.63) is 82.3 Å². The molecule has 1 atom stereocenters. The molecule has 4 rings (SSSR count). The summed E-state index contributed by atoms with van der Waals surface area (Å²) in [6.07, 6.45) is 4.50. The number of thiophene rings is 1. The molecular formula is C23H26N2O2S. The number of hydrogen-bond donors (Lipinski definition) is 0. The summed E-state index contributed by atoms with van der Waals surface area (Å²) >= 11 is 1.82. The normalized spacial score (nSPS) is 16.5. The second-order valence-corrected chi connectivity index (χ2v) is 8.17. The maximum absolute atomic E-state index is 5.87. The summed E-state index contributed by atoms with van der Waals surface area (Å²) in [5, 5.41) is 2.15. The van der Waals surface area contributed by atoms with Crippen LogP contribution in [0.4, 0.5) is 0 Å². The van der Waals surface area contributed by atoms with Crippen LogP contribution in [0.1, 0.15) is 29.0 Å². The van der Waals surface area contributed by atoms with Crippen LogP contribution in [0, 0.1) is 0 Å². The lowest BCUT2D eigenvalue weighted by Gasteiger charge is -2.25. The van der Waals surface area contributed by atoms with Gasteiger partial charge < -0.3 is 9.47 Å². The van der Waals surface area contributed by atoms with Crippen molar-refractivity contribution in [1.29, 1.82) is 0 Å². The quantitative estimate of drug-likeness (QED) is 0.517. The highest BCUT2D eigenvalue weighted by Gasteiger charge is 2.20. The molecule has 28 heavy (non-hydrogen) atoms. The van der Waals surface area contributed by atoms with Gasteiger partial charge in [0, 0.05) is 37.3 Å². The van der Waals surface area contributed by atoms with Gasteiger partial charge in [0.05, 0.1) is 11.8 Å². The van der Waals surface area contributed by atoms with Crippen LogP contribution in [-0.4, -0.2) is 29.1 Å². The Morgan fingerprint density at radius 3 is 2.71 bits per heavy atom. The number of pyridine rings is 1. The summed E-state index contributed by atoms with van der Waals surface area (Å²) in [6, 6.07) is 18.6. The predicted octanol–water partition coefficient (Wildman–Crippen LogP) is 4.90. The first-order valence-electron chi connectivity index (χ1n) is 9.83. The summed E-state index contributed by atoms with van der Waals surface area (Å²) in [7, 11) is 0. The van der Waals surface area contributed by atoms with Gasteiger partial charge in [-0.25, -0.2) is 0 Å². The molecule has 4 nitrogen and oxygen atoms in total. The van der Waals surface area contributed by atoms with Crippen LogP contribution >= 0.6 is 11.3 Å². The topological polar surface area (TPSA) is 34.6 Å². The molecular weight excluding hydrogens is 368 g/mol. The van der Waals surface area contributed by atoms with Crippen molar-refractivity contribution in [2.45, 2.75) is 38.6 Å². The average molecular weight is 395 g/mol. The Bertz CT molecular complexity index is 816. The van der Waals surface area contributed by atoms with E-state index in [4.69, 9.17) is 9.47 Å². The van der Waals surface area contributed by atoms with Crippen LogP contribution in [-0.2, 0) is 24.4 Å². The molecule has 1 aliphatic rings. The Labute approximate surface area is 170 Å². The third kappa shape index (κ3) is 5.64. The number of rotatable bonds is 9. The second kappa shape index (κ2) is 9.82. The largest absolute Gasteiger partial charge is 0.487 e. The fourth-order valence-corrected chi connectivity index (χ4v) is 4.22. The molecule has 146 valence electrons. The maximum atomic E-state index is 5.87. The van der Waals surface area contributed by atoms with E-state index in [2.05, 4.69) is 39.5 Å². The minimum Gasteiger partial charge on any atom is -0.487 e. The SMILES string of the molecule is c1ccc(COc2ccc(CN(Cc3cccs3)CC3CCCO3)cc2)nc1. The zero-order valence-electron chi connectivity index (χ0n) is 16.0. The van der Waals surface area contributed by atoms with Crippen LogP contribution in [0.3, 0.4) is 0 Å². The van der Waals surface area contributed by atoms with Crippen LogP contribution < -0.4 is 4.74 Å². The Hall–Kier alpha value is -2.21. The minimum atomic E-state index is 0.362. The Kier molecular flexibility index (Phi) is 6.71. The summed E-state index contributed by atoms with van der Waals surface area (Å²) in [5.74, 6) is 0.873. The van der Waals surface area contributed by atoms with Crippen LogP contribution in [0.5, 0.6) is 5.75 Å². The smallest absolute Gasteiger partial charge is 0.130 e. The number of nitrogens with zero attached hydrogens (tertiary/aromatic N) is 2. The molecule has 2 aromatic heterocycles. The first kappa shape index (κ1) is 19.1. The van der Waals surface area contributed by atoms with E-state index in [1.807, 2.05) is 41.7 Å². The zero-order chi connectivity index (χ0) is 19.0. The molecule has 0 saturated carbocycles. The number of aromatic nitrogens is 1. The fourth-order valence-electron chi connectivity index (χ4n) is 3.47. The van der Waals surface area contributed by atoms with Crippen LogP contribution in [0.15, 0.2) is 66.2 Å². The molecule has 0 amide bonds. The lowest BCUT2D eigenvalue weighted by Crippen LogP contribution is -2.31. The van der Waals surface area contributed by atoms with Gasteiger partial charge in [0.25, 0.3) is 0 Å². The molecule has 5 heteroatoms. The monoisotopic (exact) mass is 394 g/mol. The van der Waals surface area contributed by atoms with Gasteiger partial charge in [-0.3, -0.25) is 9.88 Å². The van der Waals surface area contributed by atoms with E-state index in [0.29, 0.717) is 12.7 Å². The first-order chi connectivity index (χ1) is 13.8. The minimum absolute atomic E-state index is 0.362. The summed E-state index contributed by atoms with van der Waals surface area (Å²) < 4.78 is 11.7. The van der Waals surface area contributed by atoms with E-state index >= 15 is 0 Å². The van der Waals surface area contributed by atoms with Gasteiger partial charge in [0.2, 0.25) is 0 Å². The van der Waals surface area contributed by atoms with Gasteiger partial charge in [-0.1, -0.05) is 24.3 Å². The van der Waals surface area contributed by atoms with Gasteiger partial charge in [0.1, 0.15) is 12.4 Å². The number of ether oxygens (including phenoxy) is 2. The molecule has 1 fully saturated rings. The molecule has 1 aliphatic heterocycles. The Morgan fingerprint density at radius 2 is 2.00 bits per heavy atom. The third-order valence-corrected chi connectivity index (χ3v) is 5.75. The summed E-state index contributed by atoms with van der Waals surface area (Å²) in [5.41, 5.74) is 2.23. The Morgan fingerprint density at radius 1 is 1.07 bits per heavy atom. The maximum Gasteiger partial charge on any atom is 0.130 e. The number of benzene rings is 1. The molecule has 1 saturated heterocycles. The van der Waals surface area contributed by atoms with Crippen molar-refractivity contribution < 1.29 is 9.47 Å². The molecule has 0 N–H and O–H groups in total. The summed E-state index contributed by atoms with van der Waals surface area (Å²) in [6.45, 7) is 4.26. The van der Waals surface area contributed by atoms with Crippen molar-refractivity contribution in [2.24, 2.45) is 0 Å². The predicted molar refractivity (Wildman–Crippen MR) is 112 cm³/mol. The lowest BCUT2D eigenvalue weighted by atomic mass is 10.1. The molecule has 0 bridgehead atoms. The van der Waals surface area contributed by atoms with Crippen molar-refractivity contribution >= 4 is 11.3 Å². The van der Waals surface area contributed by atoms with Gasteiger partial charge >= 0.3 is 0 Å². The third-order valence-electron chi connectivity index (χ3n) is 4.89. The molecule has 0 radical (unpaired) electrons. The van der Waals surface area contributed by atoms with E-state index in [9.17, 15) is 0 Å². The molecule has 3 aromatic rings. The van der Waals surface area contributed by atoms with Crippen LogP contribution in [0.2, 0.25) is 0 Å². The standard InChI is InChI=1S/C23H26N2O2S/c1-2-12-24-20(5-1)18-27-21-10-8-19(9-11-21)15-25(16-22-6-3-13-26-22)17-23-7-4-14-28-23/h1-2,4-5,7-12,14,22H,3,6,13,15-18H2. The first-order valence-corrected chi connectivity index (χ1v) is 10.7. The molecule has 0 spiro atoms. The fraction of sp³-hybridized carbons (Fsp3) is 0.348. The highest BCUT2D eigenvalue weighted by molar-refractivity contribution is 7.09. The molecule has 1 aromatic carbocycles. The highest BCUT2D eigenvalue weighted by Crippen LogP contribution is 2.20. The Balaban J connectivity index is 1.35. The van der Waals surface area contributed by atoms with Crippen molar-refractivity contribution in [3.63, 3.8) is 0 Å². The summed E-state index contributed by atoms with van der Waals surface area (Å²) in [4.78, 5) is 8.18. The molecule has 0 aliphatic carbocycles. The van der Waals surface area contributed by atoms with Crippen molar-refractivity contribution in [3.8, 4) is 5.75 Å². The van der Waals surface area contributed by atoms with E-state index in [0.717, 1.165) is 37.7 Å². The van der Waals surface area contributed by atoms with Crippen LogP contribution in [0.25, 0.3) is 0 Å². The van der Waals surface area contributed by atoms with E-state index in [1.54, 1.807) is 6.20 Å². The zero-order valence-corrected chi connectivity index (χ0v) is 16.8. The van der Waals surface area contributed by atoms with Crippen molar-refractivity contribution in [1.82, 2.24) is 9.88 Å². The molecule has 3 heterocycles.